The fourth-order valence-electron chi connectivity index (χ4n) is 1.13. The number of halogens is 1. The zero-order valence-corrected chi connectivity index (χ0v) is 7.92. The van der Waals surface area contributed by atoms with Crippen LogP contribution in [-0.2, 0) is 11.2 Å². The number of ether oxygens (including phenoxy) is 1. The lowest BCUT2D eigenvalue weighted by Crippen LogP contribution is -2.02. The van der Waals surface area contributed by atoms with Crippen LogP contribution in [0.15, 0.2) is 30.9 Å². The summed E-state index contributed by atoms with van der Waals surface area (Å²) in [6, 6.07) is 4.13. The summed E-state index contributed by atoms with van der Waals surface area (Å²) in [5.41, 5.74) is 0.800. The van der Waals surface area contributed by atoms with Crippen LogP contribution in [0.5, 0.6) is 0 Å². The van der Waals surface area contributed by atoms with Gasteiger partial charge >= 0.3 is 5.97 Å². The van der Waals surface area contributed by atoms with E-state index in [1.54, 1.807) is 6.08 Å². The van der Waals surface area contributed by atoms with E-state index >= 15 is 0 Å². The van der Waals surface area contributed by atoms with Crippen LogP contribution >= 0.6 is 0 Å². The number of esters is 1. The molecule has 0 amide bonds. The van der Waals surface area contributed by atoms with Gasteiger partial charge in [0, 0.05) is 0 Å². The van der Waals surface area contributed by atoms with E-state index in [9.17, 15) is 9.18 Å². The standard InChI is InChI=1S/C11H11FO2/c1-3-4-8-7-9(11(13)14-2)5-6-10(8)12/h3,5-7H,1,4H2,2H3. The van der Waals surface area contributed by atoms with Crippen molar-refractivity contribution in [2.75, 3.05) is 7.11 Å². The Hall–Kier alpha value is -1.64. The summed E-state index contributed by atoms with van der Waals surface area (Å²) in [6.45, 7) is 3.51. The number of methoxy groups -OCH3 is 1. The molecule has 1 aromatic carbocycles. The lowest BCUT2D eigenvalue weighted by Gasteiger charge is -2.03. The van der Waals surface area contributed by atoms with Crippen molar-refractivity contribution in [2.24, 2.45) is 0 Å². The van der Waals surface area contributed by atoms with E-state index in [4.69, 9.17) is 0 Å². The zero-order valence-electron chi connectivity index (χ0n) is 7.92. The summed E-state index contributed by atoms with van der Waals surface area (Å²) < 4.78 is 17.6. The fourth-order valence-corrected chi connectivity index (χ4v) is 1.13. The summed E-state index contributed by atoms with van der Waals surface area (Å²) in [5, 5.41) is 0. The third-order valence-electron chi connectivity index (χ3n) is 1.83. The summed E-state index contributed by atoms with van der Waals surface area (Å²) >= 11 is 0. The number of allylic oxidation sites excluding steroid dienone is 1. The SMILES string of the molecule is C=CCc1cc(C(=O)OC)ccc1F. The Morgan fingerprint density at radius 1 is 1.64 bits per heavy atom. The Balaban J connectivity index is 3.05. The van der Waals surface area contributed by atoms with Crippen LogP contribution in [0.4, 0.5) is 4.39 Å². The van der Waals surface area contributed by atoms with Crippen molar-refractivity contribution in [3.63, 3.8) is 0 Å². The first-order chi connectivity index (χ1) is 6.69. The van der Waals surface area contributed by atoms with E-state index < -0.39 is 5.97 Å². The maximum Gasteiger partial charge on any atom is 0.337 e. The second-order valence-corrected chi connectivity index (χ2v) is 2.79. The molecule has 0 aliphatic carbocycles. The van der Waals surface area contributed by atoms with E-state index in [0.29, 0.717) is 17.5 Å². The van der Waals surface area contributed by atoms with Gasteiger partial charge in [0.05, 0.1) is 12.7 Å². The van der Waals surface area contributed by atoms with E-state index in [1.165, 1.54) is 25.3 Å². The lowest BCUT2D eigenvalue weighted by atomic mass is 10.1. The Morgan fingerprint density at radius 2 is 2.36 bits per heavy atom. The molecule has 3 heteroatoms. The maximum absolute atomic E-state index is 13.1. The van der Waals surface area contributed by atoms with Gasteiger partial charge in [0.2, 0.25) is 0 Å². The molecular weight excluding hydrogens is 183 g/mol. The molecule has 0 spiro atoms. The number of hydrogen-bond acceptors (Lipinski definition) is 2. The molecule has 0 N–H and O–H groups in total. The molecule has 0 radical (unpaired) electrons. The van der Waals surface area contributed by atoms with Crippen molar-refractivity contribution in [3.05, 3.63) is 47.8 Å². The van der Waals surface area contributed by atoms with E-state index in [-0.39, 0.29) is 5.82 Å². The van der Waals surface area contributed by atoms with Gasteiger partial charge in [-0.25, -0.2) is 9.18 Å². The number of carbonyl (C=O) groups excluding carboxylic acids is 1. The molecule has 0 bridgehead atoms. The van der Waals surface area contributed by atoms with E-state index in [0.717, 1.165) is 0 Å². The van der Waals surface area contributed by atoms with Gasteiger partial charge in [-0.2, -0.15) is 0 Å². The molecule has 0 saturated heterocycles. The van der Waals surface area contributed by atoms with Crippen LogP contribution in [0.1, 0.15) is 15.9 Å². The molecule has 1 rings (SSSR count). The molecule has 0 atom stereocenters. The summed E-state index contributed by atoms with van der Waals surface area (Å²) in [6.07, 6.45) is 1.98. The first-order valence-corrected chi connectivity index (χ1v) is 4.16. The molecule has 0 fully saturated rings. The molecule has 0 heterocycles. The highest BCUT2D eigenvalue weighted by Gasteiger charge is 2.08. The minimum Gasteiger partial charge on any atom is -0.465 e. The normalized spacial score (nSPS) is 9.57. The Labute approximate surface area is 82.0 Å². The number of benzene rings is 1. The number of rotatable bonds is 3. The van der Waals surface area contributed by atoms with Crippen LogP contribution < -0.4 is 0 Å². The predicted molar refractivity (Wildman–Crippen MR) is 51.6 cm³/mol. The monoisotopic (exact) mass is 194 g/mol. The first-order valence-electron chi connectivity index (χ1n) is 4.16. The van der Waals surface area contributed by atoms with E-state index in [1.807, 2.05) is 0 Å². The highest BCUT2D eigenvalue weighted by Crippen LogP contribution is 2.12. The number of carbonyl (C=O) groups is 1. The Bertz CT molecular complexity index is 358. The molecule has 0 saturated carbocycles. The van der Waals surface area contributed by atoms with Crippen molar-refractivity contribution in [2.45, 2.75) is 6.42 Å². The van der Waals surface area contributed by atoms with Crippen molar-refractivity contribution in [1.82, 2.24) is 0 Å². The second kappa shape index (κ2) is 4.56. The smallest absolute Gasteiger partial charge is 0.337 e. The quantitative estimate of drug-likeness (QED) is 0.545. The van der Waals surface area contributed by atoms with Crippen LogP contribution in [0.25, 0.3) is 0 Å². The van der Waals surface area contributed by atoms with Crippen LogP contribution in [0.3, 0.4) is 0 Å². The molecule has 1 aromatic rings. The molecule has 0 aromatic heterocycles. The average Bonchev–Trinajstić information content (AvgIpc) is 2.20. The topological polar surface area (TPSA) is 26.3 Å². The lowest BCUT2D eigenvalue weighted by molar-refractivity contribution is 0.0600. The molecular formula is C11H11FO2. The largest absolute Gasteiger partial charge is 0.465 e. The van der Waals surface area contributed by atoms with Crippen LogP contribution in [0.2, 0.25) is 0 Å². The third kappa shape index (κ3) is 2.19. The second-order valence-electron chi connectivity index (χ2n) is 2.79. The highest BCUT2D eigenvalue weighted by atomic mass is 19.1. The van der Waals surface area contributed by atoms with Crippen molar-refractivity contribution >= 4 is 5.97 Å². The van der Waals surface area contributed by atoms with Crippen molar-refractivity contribution in [1.29, 1.82) is 0 Å². The first kappa shape index (κ1) is 10.4. The van der Waals surface area contributed by atoms with Gasteiger partial charge in [0.25, 0.3) is 0 Å². The maximum atomic E-state index is 13.1. The van der Waals surface area contributed by atoms with Gasteiger partial charge in [-0.15, -0.1) is 6.58 Å². The third-order valence-corrected chi connectivity index (χ3v) is 1.83. The molecule has 0 aliphatic rings. The van der Waals surface area contributed by atoms with Crippen molar-refractivity contribution < 1.29 is 13.9 Å². The molecule has 2 nitrogen and oxygen atoms in total. The highest BCUT2D eigenvalue weighted by molar-refractivity contribution is 5.89. The molecule has 0 unspecified atom stereocenters. The van der Waals surface area contributed by atoms with Gasteiger partial charge in [0.15, 0.2) is 0 Å². The molecule has 0 aliphatic heterocycles. The van der Waals surface area contributed by atoms with Crippen LogP contribution in [0, 0.1) is 5.82 Å². The fraction of sp³-hybridized carbons (Fsp3) is 0.182. The summed E-state index contributed by atoms with van der Waals surface area (Å²) in [7, 11) is 1.29. The van der Waals surface area contributed by atoms with Crippen molar-refractivity contribution in [3.8, 4) is 0 Å². The molecule has 74 valence electrons. The van der Waals surface area contributed by atoms with E-state index in [2.05, 4.69) is 11.3 Å². The predicted octanol–water partition coefficient (Wildman–Crippen LogP) is 2.34. The Kier molecular flexibility index (Phi) is 3.40. The van der Waals surface area contributed by atoms with Gasteiger partial charge in [-0.1, -0.05) is 6.08 Å². The zero-order chi connectivity index (χ0) is 10.6. The summed E-state index contributed by atoms with van der Waals surface area (Å²) in [4.78, 5) is 11.1. The van der Waals surface area contributed by atoms with Gasteiger partial charge in [-0.05, 0) is 30.2 Å². The summed E-state index contributed by atoms with van der Waals surface area (Å²) in [5.74, 6) is -0.798. The minimum atomic E-state index is -0.463. The molecule has 14 heavy (non-hydrogen) atoms. The van der Waals surface area contributed by atoms with Crippen LogP contribution in [-0.4, -0.2) is 13.1 Å². The van der Waals surface area contributed by atoms with Gasteiger partial charge in [0.1, 0.15) is 5.82 Å². The minimum absolute atomic E-state index is 0.336. The number of hydrogen-bond donors (Lipinski definition) is 0. The average molecular weight is 194 g/mol. The Morgan fingerprint density at radius 3 is 2.93 bits per heavy atom. The van der Waals surface area contributed by atoms with Gasteiger partial charge < -0.3 is 4.74 Å². The van der Waals surface area contributed by atoms with Gasteiger partial charge in [-0.3, -0.25) is 0 Å².